The van der Waals surface area contributed by atoms with Crippen LogP contribution in [-0.2, 0) is 14.4 Å². The first kappa shape index (κ1) is 13.1. The fraction of sp³-hybridized carbons (Fsp3) is 0.467. The molecule has 106 valence electrons. The standard InChI is InChI=1S/C15H18N2O3/c1-11-10-17(7-8-19-11)15(18)13-9-14(20-16-13)12-5-3-2-4-6-12/h2-6,11,14H,7-10H2,1H3/t11-,14+/m0/s1. The summed E-state index contributed by atoms with van der Waals surface area (Å²) < 4.78 is 5.45. The van der Waals surface area contributed by atoms with Crippen LogP contribution < -0.4 is 0 Å². The van der Waals surface area contributed by atoms with E-state index in [1.165, 1.54) is 0 Å². The minimum absolute atomic E-state index is 0.0291. The third-order valence-electron chi connectivity index (χ3n) is 3.62. The summed E-state index contributed by atoms with van der Waals surface area (Å²) in [4.78, 5) is 19.6. The first-order valence-corrected chi connectivity index (χ1v) is 6.92. The molecule has 2 atom stereocenters. The van der Waals surface area contributed by atoms with Crippen LogP contribution in [0.1, 0.15) is 25.0 Å². The van der Waals surface area contributed by atoms with Gasteiger partial charge < -0.3 is 14.5 Å². The van der Waals surface area contributed by atoms with Crippen molar-refractivity contribution in [1.29, 1.82) is 0 Å². The molecular formula is C15H18N2O3. The van der Waals surface area contributed by atoms with E-state index in [1.54, 1.807) is 4.90 Å². The van der Waals surface area contributed by atoms with Gasteiger partial charge in [0.15, 0.2) is 6.10 Å². The van der Waals surface area contributed by atoms with Gasteiger partial charge in [-0.2, -0.15) is 0 Å². The monoisotopic (exact) mass is 274 g/mol. The number of ether oxygens (including phenoxy) is 1. The van der Waals surface area contributed by atoms with E-state index in [0.29, 0.717) is 31.8 Å². The lowest BCUT2D eigenvalue weighted by atomic mass is 10.0. The van der Waals surface area contributed by atoms with E-state index in [0.717, 1.165) is 5.56 Å². The molecule has 0 bridgehead atoms. The number of carbonyl (C=O) groups excluding carboxylic acids is 1. The zero-order valence-electron chi connectivity index (χ0n) is 11.5. The summed E-state index contributed by atoms with van der Waals surface area (Å²) in [5, 5.41) is 3.98. The molecule has 0 N–H and O–H groups in total. The van der Waals surface area contributed by atoms with Crippen molar-refractivity contribution in [3.63, 3.8) is 0 Å². The molecule has 2 aliphatic heterocycles. The Morgan fingerprint density at radius 3 is 2.90 bits per heavy atom. The molecule has 5 nitrogen and oxygen atoms in total. The average Bonchev–Trinajstić information content (AvgIpc) is 2.97. The molecule has 2 aliphatic rings. The number of benzene rings is 1. The van der Waals surface area contributed by atoms with Crippen molar-refractivity contribution in [3.05, 3.63) is 35.9 Å². The lowest BCUT2D eigenvalue weighted by Gasteiger charge is -2.30. The second-order valence-electron chi connectivity index (χ2n) is 5.18. The van der Waals surface area contributed by atoms with E-state index < -0.39 is 0 Å². The van der Waals surface area contributed by atoms with Gasteiger partial charge in [0.05, 0.1) is 12.7 Å². The molecule has 0 spiro atoms. The molecule has 5 heteroatoms. The van der Waals surface area contributed by atoms with Crippen LogP contribution >= 0.6 is 0 Å². The third kappa shape index (κ3) is 2.67. The van der Waals surface area contributed by atoms with Crippen molar-refractivity contribution >= 4 is 11.6 Å². The predicted molar refractivity (Wildman–Crippen MR) is 74.3 cm³/mol. The number of morpholine rings is 1. The summed E-state index contributed by atoms with van der Waals surface area (Å²) in [5.74, 6) is -0.0291. The van der Waals surface area contributed by atoms with Gasteiger partial charge in [-0.1, -0.05) is 35.5 Å². The fourth-order valence-corrected chi connectivity index (χ4v) is 2.54. The highest BCUT2D eigenvalue weighted by Gasteiger charge is 2.31. The van der Waals surface area contributed by atoms with Crippen LogP contribution in [0.3, 0.4) is 0 Å². The van der Waals surface area contributed by atoms with Crippen LogP contribution in [0, 0.1) is 0 Å². The van der Waals surface area contributed by atoms with E-state index in [2.05, 4.69) is 5.16 Å². The molecule has 3 rings (SSSR count). The summed E-state index contributed by atoms with van der Waals surface area (Å²) in [5.41, 5.74) is 1.56. The second kappa shape index (κ2) is 5.63. The number of hydrogen-bond donors (Lipinski definition) is 0. The molecule has 2 heterocycles. The van der Waals surface area contributed by atoms with Crippen LogP contribution in [-0.4, -0.2) is 42.3 Å². The van der Waals surface area contributed by atoms with Crippen LogP contribution in [0.4, 0.5) is 0 Å². The van der Waals surface area contributed by atoms with Crippen LogP contribution in [0.15, 0.2) is 35.5 Å². The van der Waals surface area contributed by atoms with Gasteiger partial charge in [-0.25, -0.2) is 0 Å². The summed E-state index contributed by atoms with van der Waals surface area (Å²) in [7, 11) is 0. The van der Waals surface area contributed by atoms with E-state index in [4.69, 9.17) is 9.57 Å². The predicted octanol–water partition coefficient (Wildman–Crippen LogP) is 1.75. The Morgan fingerprint density at radius 1 is 1.35 bits per heavy atom. The van der Waals surface area contributed by atoms with Crippen LogP contribution in [0.25, 0.3) is 0 Å². The minimum Gasteiger partial charge on any atom is -0.387 e. The zero-order chi connectivity index (χ0) is 13.9. The molecule has 1 saturated heterocycles. The van der Waals surface area contributed by atoms with Crippen LogP contribution in [0.2, 0.25) is 0 Å². The zero-order valence-corrected chi connectivity index (χ0v) is 11.5. The lowest BCUT2D eigenvalue weighted by Crippen LogP contribution is -2.47. The molecule has 20 heavy (non-hydrogen) atoms. The quantitative estimate of drug-likeness (QED) is 0.825. The Balaban J connectivity index is 1.63. The highest BCUT2D eigenvalue weighted by atomic mass is 16.6. The smallest absolute Gasteiger partial charge is 0.271 e. The van der Waals surface area contributed by atoms with Crippen molar-refractivity contribution in [2.45, 2.75) is 25.6 Å². The Bertz CT molecular complexity index is 515. The molecule has 1 aromatic rings. The first-order valence-electron chi connectivity index (χ1n) is 6.92. The molecule has 1 amide bonds. The van der Waals surface area contributed by atoms with E-state index >= 15 is 0 Å². The summed E-state index contributed by atoms with van der Waals surface area (Å²) >= 11 is 0. The van der Waals surface area contributed by atoms with Gasteiger partial charge in [-0.15, -0.1) is 0 Å². The number of rotatable bonds is 2. The third-order valence-corrected chi connectivity index (χ3v) is 3.62. The van der Waals surface area contributed by atoms with Crippen molar-refractivity contribution in [3.8, 4) is 0 Å². The van der Waals surface area contributed by atoms with Gasteiger partial charge in [-0.05, 0) is 12.5 Å². The van der Waals surface area contributed by atoms with Gasteiger partial charge in [-0.3, -0.25) is 4.79 Å². The number of oxime groups is 1. The van der Waals surface area contributed by atoms with Gasteiger partial charge in [0.25, 0.3) is 5.91 Å². The number of nitrogens with zero attached hydrogens (tertiary/aromatic N) is 2. The molecular weight excluding hydrogens is 256 g/mol. The number of carbonyl (C=O) groups is 1. The van der Waals surface area contributed by atoms with Gasteiger partial charge in [0.1, 0.15) is 5.71 Å². The number of hydrogen-bond acceptors (Lipinski definition) is 4. The van der Waals surface area contributed by atoms with Crippen molar-refractivity contribution < 1.29 is 14.4 Å². The molecule has 0 saturated carbocycles. The topological polar surface area (TPSA) is 51.1 Å². The number of amides is 1. The van der Waals surface area contributed by atoms with E-state index in [-0.39, 0.29) is 18.1 Å². The maximum absolute atomic E-state index is 12.4. The molecule has 1 fully saturated rings. The van der Waals surface area contributed by atoms with Gasteiger partial charge >= 0.3 is 0 Å². The van der Waals surface area contributed by atoms with Crippen molar-refractivity contribution in [2.75, 3.05) is 19.7 Å². The SMILES string of the molecule is C[C@H]1CN(C(=O)C2=NO[C@@H](c3ccccc3)C2)CCO1. The second-order valence-corrected chi connectivity index (χ2v) is 5.18. The Morgan fingerprint density at radius 2 is 2.15 bits per heavy atom. The minimum atomic E-state index is -0.145. The Kier molecular flexibility index (Phi) is 3.69. The molecule has 0 radical (unpaired) electrons. The van der Waals surface area contributed by atoms with Crippen LogP contribution in [0.5, 0.6) is 0 Å². The normalized spacial score (nSPS) is 26.1. The van der Waals surface area contributed by atoms with Crippen molar-refractivity contribution in [1.82, 2.24) is 4.90 Å². The van der Waals surface area contributed by atoms with Crippen molar-refractivity contribution in [2.24, 2.45) is 5.16 Å². The summed E-state index contributed by atoms with van der Waals surface area (Å²) in [6.45, 7) is 3.80. The Labute approximate surface area is 118 Å². The largest absolute Gasteiger partial charge is 0.387 e. The van der Waals surface area contributed by atoms with E-state index in [9.17, 15) is 4.79 Å². The molecule has 0 aliphatic carbocycles. The lowest BCUT2D eigenvalue weighted by molar-refractivity contribution is -0.131. The maximum atomic E-state index is 12.4. The summed E-state index contributed by atoms with van der Waals surface area (Å²) in [6.07, 6.45) is 0.475. The molecule has 1 aromatic carbocycles. The maximum Gasteiger partial charge on any atom is 0.271 e. The molecule has 0 aromatic heterocycles. The Hall–Kier alpha value is -1.88. The first-order chi connectivity index (χ1) is 9.74. The highest BCUT2D eigenvalue weighted by molar-refractivity contribution is 6.39. The average molecular weight is 274 g/mol. The summed E-state index contributed by atoms with van der Waals surface area (Å²) in [6, 6.07) is 9.86. The molecule has 0 unspecified atom stereocenters. The van der Waals surface area contributed by atoms with E-state index in [1.807, 2.05) is 37.3 Å². The van der Waals surface area contributed by atoms with Gasteiger partial charge in [0, 0.05) is 19.5 Å². The fourth-order valence-electron chi connectivity index (χ4n) is 2.54. The van der Waals surface area contributed by atoms with Gasteiger partial charge in [0.2, 0.25) is 0 Å². The highest BCUT2D eigenvalue weighted by Crippen LogP contribution is 2.27.